The number of thiophene rings is 1. The maximum absolute atomic E-state index is 2.69. The maximum atomic E-state index is 2.69. The number of anilines is 12. The molecule has 3 aromatic heterocycles. The Kier molecular flexibility index (Phi) is 10.1. The molecule has 0 saturated carbocycles. The lowest BCUT2D eigenvalue weighted by Gasteiger charge is -2.49. The van der Waals surface area contributed by atoms with Crippen LogP contribution in [-0.2, 0) is 0 Å². The molecular formula is C82H50B2N6S. The summed E-state index contributed by atoms with van der Waals surface area (Å²) in [6.45, 7) is -0.239. The van der Waals surface area contributed by atoms with Crippen molar-refractivity contribution in [3.05, 3.63) is 303 Å². The van der Waals surface area contributed by atoms with Crippen LogP contribution in [0.25, 0.3) is 77.2 Å². The minimum atomic E-state index is -0.119. The zero-order chi connectivity index (χ0) is 59.2. The molecular weight excluding hydrogens is 1120 g/mol. The highest BCUT2D eigenvalue weighted by Gasteiger charge is 2.54. The average molecular weight is 1170 g/mol. The summed E-state index contributed by atoms with van der Waals surface area (Å²) >= 11 is 2.04. The second kappa shape index (κ2) is 18.5. The van der Waals surface area contributed by atoms with Crippen LogP contribution in [-0.4, -0.2) is 22.6 Å². The molecule has 0 radical (unpaired) electrons. The first kappa shape index (κ1) is 49.5. The van der Waals surface area contributed by atoms with Crippen molar-refractivity contribution >= 4 is 168 Å². The molecule has 0 aliphatic carbocycles. The predicted molar refractivity (Wildman–Crippen MR) is 385 cm³/mol. The summed E-state index contributed by atoms with van der Waals surface area (Å²) in [5.74, 6) is 0. The lowest BCUT2D eigenvalue weighted by molar-refractivity contribution is 1.14. The van der Waals surface area contributed by atoms with Gasteiger partial charge in [-0.05, 0) is 141 Å². The summed E-state index contributed by atoms with van der Waals surface area (Å²) in [6, 6.07) is 114. The van der Waals surface area contributed by atoms with Gasteiger partial charge in [0.2, 0.25) is 0 Å². The number of hydrogen-bond acceptors (Lipinski definition) is 5. The second-order valence-electron chi connectivity index (χ2n) is 24.7. The Morgan fingerprint density at radius 3 is 0.923 bits per heavy atom. The van der Waals surface area contributed by atoms with Gasteiger partial charge in [-0.25, -0.2) is 0 Å². The third-order valence-corrected chi connectivity index (χ3v) is 21.4. The summed E-state index contributed by atoms with van der Waals surface area (Å²) in [5.41, 5.74) is 31.1. The van der Waals surface area contributed by atoms with Crippen molar-refractivity contribution in [1.29, 1.82) is 0 Å². The molecule has 6 nitrogen and oxygen atoms in total. The van der Waals surface area contributed by atoms with E-state index in [1.807, 2.05) is 11.3 Å². The van der Waals surface area contributed by atoms with Crippen LogP contribution in [0.1, 0.15) is 0 Å². The molecule has 91 heavy (non-hydrogen) atoms. The van der Waals surface area contributed by atoms with Gasteiger partial charge in [-0.2, -0.15) is 11.3 Å². The van der Waals surface area contributed by atoms with Crippen molar-refractivity contribution in [3.8, 4) is 33.6 Å². The van der Waals surface area contributed by atoms with Crippen molar-refractivity contribution in [2.75, 3.05) is 19.6 Å². The van der Waals surface area contributed by atoms with Gasteiger partial charge < -0.3 is 28.7 Å². The number of fused-ring (bicyclic) bond motifs is 17. The summed E-state index contributed by atoms with van der Waals surface area (Å²) in [6.07, 6.45) is 0. The summed E-state index contributed by atoms with van der Waals surface area (Å²) in [4.78, 5) is 10.5. The fraction of sp³-hybridized carbons (Fsp3) is 0. The van der Waals surface area contributed by atoms with E-state index >= 15 is 0 Å². The normalized spacial score (nSPS) is 13.6. The largest absolute Gasteiger partial charge is 0.311 e. The summed E-state index contributed by atoms with van der Waals surface area (Å²) in [7, 11) is 0. The van der Waals surface area contributed by atoms with Crippen LogP contribution in [0.5, 0.6) is 0 Å². The third kappa shape index (κ3) is 6.72. The number of hydrogen-bond donors (Lipinski definition) is 0. The SMILES string of the molecule is c1ccc(-c2ccc3c(c2)N(c2ccccc2)c2cc(-n4c5ccccc5c5ccccc54)cc4c2B3c2sc3c5c2N4c2ccccc2N5c2cc(-n4c5ccccc5c5ccccc54)cc4c2B3c2ccc(-c3ccccc3)cc2N4c2ccccc2)cc1. The van der Waals surface area contributed by atoms with Gasteiger partial charge in [0.1, 0.15) is 0 Å². The van der Waals surface area contributed by atoms with Crippen molar-refractivity contribution in [3.63, 3.8) is 0 Å². The van der Waals surface area contributed by atoms with Gasteiger partial charge in [0.05, 0.1) is 56.2 Å². The van der Waals surface area contributed by atoms with Gasteiger partial charge >= 0.3 is 0 Å². The molecule has 0 atom stereocenters. The van der Waals surface area contributed by atoms with E-state index < -0.39 is 0 Å². The number of aromatic nitrogens is 2. The Morgan fingerprint density at radius 2 is 0.549 bits per heavy atom. The topological polar surface area (TPSA) is 22.8 Å². The highest BCUT2D eigenvalue weighted by Crippen LogP contribution is 2.60. The van der Waals surface area contributed by atoms with Crippen LogP contribution in [0.4, 0.5) is 68.2 Å². The van der Waals surface area contributed by atoms with Crippen molar-refractivity contribution in [2.24, 2.45) is 0 Å². The van der Waals surface area contributed by atoms with E-state index in [1.54, 1.807) is 0 Å². The number of nitrogens with zero attached hydrogens (tertiary/aromatic N) is 6. The van der Waals surface area contributed by atoms with E-state index in [1.165, 1.54) is 143 Å². The molecule has 5 aliphatic heterocycles. The first-order chi connectivity index (χ1) is 45.2. The molecule has 16 aromatic rings. The molecule has 8 heterocycles. The van der Waals surface area contributed by atoms with E-state index in [9.17, 15) is 0 Å². The Labute approximate surface area is 530 Å². The molecule has 0 fully saturated rings. The first-order valence-corrected chi connectivity index (χ1v) is 32.3. The molecule has 5 aliphatic rings. The average Bonchev–Trinajstić information content (AvgIpc) is 1.61. The zero-order valence-corrected chi connectivity index (χ0v) is 49.9. The van der Waals surface area contributed by atoms with Crippen LogP contribution < -0.4 is 51.0 Å². The molecule has 0 amide bonds. The van der Waals surface area contributed by atoms with E-state index in [2.05, 4.69) is 332 Å². The number of rotatable bonds is 6. The Bertz CT molecular complexity index is 5320. The Balaban J connectivity index is 0.907. The molecule has 0 bridgehead atoms. The Hall–Kier alpha value is -11.5. The summed E-state index contributed by atoms with van der Waals surface area (Å²) in [5, 5.41) is 4.95. The number of benzene rings is 13. The highest BCUT2D eigenvalue weighted by atomic mass is 32.1. The molecule has 0 unspecified atom stereocenters. The molecule has 0 N–H and O–H groups in total. The molecule has 21 rings (SSSR count). The van der Waals surface area contributed by atoms with Crippen molar-refractivity contribution in [1.82, 2.24) is 9.13 Å². The third-order valence-electron chi connectivity index (χ3n) is 20.1. The minimum absolute atomic E-state index is 0.119. The molecule has 420 valence electrons. The quantitative estimate of drug-likeness (QED) is 0.155. The fourth-order valence-electron chi connectivity index (χ4n) is 16.5. The second-order valence-corrected chi connectivity index (χ2v) is 25.8. The smallest absolute Gasteiger partial charge is 0.264 e. The van der Waals surface area contributed by atoms with E-state index in [0.717, 1.165) is 34.1 Å². The van der Waals surface area contributed by atoms with Gasteiger partial charge in [0.15, 0.2) is 0 Å². The van der Waals surface area contributed by atoms with E-state index in [4.69, 9.17) is 0 Å². The number of para-hydroxylation sites is 8. The minimum Gasteiger partial charge on any atom is -0.311 e. The lowest BCUT2D eigenvalue weighted by Crippen LogP contribution is -2.61. The maximum Gasteiger partial charge on any atom is 0.264 e. The van der Waals surface area contributed by atoms with Crippen molar-refractivity contribution in [2.45, 2.75) is 0 Å². The van der Waals surface area contributed by atoms with Crippen LogP contribution in [0.15, 0.2) is 303 Å². The fourth-order valence-corrected chi connectivity index (χ4v) is 18.0. The van der Waals surface area contributed by atoms with Crippen molar-refractivity contribution < 1.29 is 0 Å². The molecule has 0 spiro atoms. The highest BCUT2D eigenvalue weighted by molar-refractivity contribution is 7.39. The van der Waals surface area contributed by atoms with Crippen LogP contribution in [0, 0.1) is 0 Å². The lowest BCUT2D eigenvalue weighted by atomic mass is 9.35. The Morgan fingerprint density at radius 1 is 0.231 bits per heavy atom. The molecule has 0 saturated heterocycles. The molecule has 13 aromatic carbocycles. The zero-order valence-electron chi connectivity index (χ0n) is 49.1. The van der Waals surface area contributed by atoms with Crippen LogP contribution in [0.2, 0.25) is 0 Å². The summed E-state index contributed by atoms with van der Waals surface area (Å²) < 4.78 is 7.75. The van der Waals surface area contributed by atoms with Gasteiger partial charge in [0.25, 0.3) is 13.4 Å². The van der Waals surface area contributed by atoms with Crippen LogP contribution in [0.3, 0.4) is 0 Å². The standard InChI is InChI=1S/C82H50B2N6S/c1-5-23-51(24-6-1)53-41-43-63-71(45-53)85(55-27-9-3-10-28-55)73-47-57(87-65-35-17-13-31-59(65)60-32-14-18-36-66(60)87)49-75-77(73)83(63)81-79-80-82(91-81)84-64-44-42-54(52-25-7-2-8-26-52)46-72(64)86(56-29-11-4-12-30-56)74-48-58(88-67-37-19-15-33-61(67)62-34-16-20-38-68(62)88)50-76(78(74)84)90(80)70-40-22-21-39-69(70)89(75)79/h1-50H. The van der Waals surface area contributed by atoms with Gasteiger partial charge in [-0.3, -0.25) is 0 Å². The first-order valence-electron chi connectivity index (χ1n) is 31.5. The van der Waals surface area contributed by atoms with Gasteiger partial charge in [-0.1, -0.05) is 206 Å². The molecule has 9 heteroatoms. The van der Waals surface area contributed by atoms with Crippen LogP contribution >= 0.6 is 11.3 Å². The monoisotopic (exact) mass is 1170 g/mol. The van der Waals surface area contributed by atoms with Gasteiger partial charge in [0, 0.05) is 76.6 Å². The predicted octanol–water partition coefficient (Wildman–Crippen LogP) is 17.8. The van der Waals surface area contributed by atoms with E-state index in [0.29, 0.717) is 0 Å². The van der Waals surface area contributed by atoms with Gasteiger partial charge in [-0.15, -0.1) is 0 Å². The van der Waals surface area contributed by atoms with E-state index in [-0.39, 0.29) is 13.4 Å².